The highest BCUT2D eigenvalue weighted by molar-refractivity contribution is 9.10. The molecule has 2 amide bonds. The van der Waals surface area contributed by atoms with E-state index in [0.717, 1.165) is 12.8 Å². The Morgan fingerprint density at radius 2 is 2.07 bits per heavy atom. The highest BCUT2D eigenvalue weighted by atomic mass is 79.9. The summed E-state index contributed by atoms with van der Waals surface area (Å²) < 4.78 is 29.4. The quantitative estimate of drug-likeness (QED) is 0.686. The average Bonchev–Trinajstić information content (AvgIpc) is 3.29. The second-order valence-electron chi connectivity index (χ2n) is 6.19. The molecule has 11 heteroatoms. The summed E-state index contributed by atoms with van der Waals surface area (Å²) in [5, 5.41) is 13.1. The third kappa shape index (κ3) is 4.02. The van der Waals surface area contributed by atoms with Gasteiger partial charge in [-0.3, -0.25) is 19.0 Å². The molecule has 0 saturated heterocycles. The summed E-state index contributed by atoms with van der Waals surface area (Å²) in [5.41, 5.74) is 0.588. The SMILES string of the molecule is CCn1cc(NC(=O)Cn2nc(C(F)F)c(Br)c2C2CC2)c(C(=O)NC)n1. The molecule has 2 aromatic heterocycles. The van der Waals surface area contributed by atoms with Gasteiger partial charge < -0.3 is 10.6 Å². The van der Waals surface area contributed by atoms with Gasteiger partial charge in [0.25, 0.3) is 12.3 Å². The first kappa shape index (κ1) is 19.5. The van der Waals surface area contributed by atoms with E-state index in [0.29, 0.717) is 12.2 Å². The molecule has 2 N–H and O–H groups in total. The number of anilines is 1. The third-order valence-corrected chi connectivity index (χ3v) is 5.03. The van der Waals surface area contributed by atoms with Gasteiger partial charge >= 0.3 is 0 Å². The molecule has 27 heavy (non-hydrogen) atoms. The van der Waals surface area contributed by atoms with Crippen molar-refractivity contribution in [2.24, 2.45) is 0 Å². The molecule has 0 unspecified atom stereocenters. The van der Waals surface area contributed by atoms with E-state index in [1.165, 1.54) is 16.4 Å². The van der Waals surface area contributed by atoms with Gasteiger partial charge in [0.15, 0.2) is 5.69 Å². The molecular weight excluding hydrogens is 426 g/mol. The van der Waals surface area contributed by atoms with Crippen LogP contribution < -0.4 is 10.6 Å². The first-order valence-electron chi connectivity index (χ1n) is 8.49. The Bertz CT molecular complexity index is 875. The van der Waals surface area contributed by atoms with Crippen LogP contribution in [0.5, 0.6) is 0 Å². The van der Waals surface area contributed by atoms with Gasteiger partial charge in [-0.15, -0.1) is 0 Å². The Morgan fingerprint density at radius 3 is 2.63 bits per heavy atom. The zero-order valence-corrected chi connectivity index (χ0v) is 16.4. The molecule has 0 aliphatic heterocycles. The summed E-state index contributed by atoms with van der Waals surface area (Å²) in [4.78, 5) is 24.4. The number of hydrogen-bond donors (Lipinski definition) is 2. The number of halogens is 3. The van der Waals surface area contributed by atoms with E-state index in [9.17, 15) is 18.4 Å². The van der Waals surface area contributed by atoms with Crippen molar-refractivity contribution in [1.82, 2.24) is 24.9 Å². The lowest BCUT2D eigenvalue weighted by Gasteiger charge is -2.08. The third-order valence-electron chi connectivity index (χ3n) is 4.22. The van der Waals surface area contributed by atoms with E-state index in [1.807, 2.05) is 6.92 Å². The lowest BCUT2D eigenvalue weighted by Crippen LogP contribution is -2.24. The Balaban J connectivity index is 1.82. The highest BCUT2D eigenvalue weighted by Gasteiger charge is 2.34. The second-order valence-corrected chi connectivity index (χ2v) is 6.98. The van der Waals surface area contributed by atoms with Crippen LogP contribution in [0.1, 0.15) is 54.0 Å². The molecule has 0 bridgehead atoms. The molecule has 0 spiro atoms. The fourth-order valence-corrected chi connectivity index (χ4v) is 3.55. The maximum absolute atomic E-state index is 13.1. The van der Waals surface area contributed by atoms with Gasteiger partial charge in [0.2, 0.25) is 5.91 Å². The predicted molar refractivity (Wildman–Crippen MR) is 96.8 cm³/mol. The van der Waals surface area contributed by atoms with Crippen LogP contribution >= 0.6 is 15.9 Å². The Kier molecular flexibility index (Phi) is 5.59. The van der Waals surface area contributed by atoms with Crippen molar-refractivity contribution < 1.29 is 18.4 Å². The van der Waals surface area contributed by atoms with Crippen LogP contribution in [0.4, 0.5) is 14.5 Å². The van der Waals surface area contributed by atoms with E-state index in [4.69, 9.17) is 0 Å². The maximum Gasteiger partial charge on any atom is 0.283 e. The molecule has 2 heterocycles. The van der Waals surface area contributed by atoms with E-state index < -0.39 is 18.2 Å². The number of carbonyl (C=O) groups is 2. The van der Waals surface area contributed by atoms with Crippen LogP contribution in [0.3, 0.4) is 0 Å². The molecule has 0 atom stereocenters. The topological polar surface area (TPSA) is 93.8 Å². The van der Waals surface area contributed by atoms with Crippen LogP contribution in [0.15, 0.2) is 10.7 Å². The zero-order valence-electron chi connectivity index (χ0n) is 14.8. The van der Waals surface area contributed by atoms with Gasteiger partial charge in [-0.05, 0) is 35.7 Å². The number of carbonyl (C=O) groups excluding carboxylic acids is 2. The van der Waals surface area contributed by atoms with Gasteiger partial charge in [-0.1, -0.05) is 0 Å². The van der Waals surface area contributed by atoms with E-state index in [1.54, 1.807) is 6.20 Å². The Labute approximate surface area is 162 Å². The number of alkyl halides is 2. The average molecular weight is 445 g/mol. The Hall–Kier alpha value is -2.30. The van der Waals surface area contributed by atoms with Crippen molar-refractivity contribution in [2.45, 2.75) is 45.2 Å². The van der Waals surface area contributed by atoms with Crippen LogP contribution in [-0.2, 0) is 17.9 Å². The van der Waals surface area contributed by atoms with Crippen molar-refractivity contribution in [1.29, 1.82) is 0 Å². The lowest BCUT2D eigenvalue weighted by atomic mass is 10.2. The largest absolute Gasteiger partial charge is 0.354 e. The number of nitrogens with one attached hydrogen (secondary N) is 2. The normalized spacial score (nSPS) is 13.9. The number of rotatable bonds is 7. The van der Waals surface area contributed by atoms with Gasteiger partial charge in [0, 0.05) is 25.7 Å². The van der Waals surface area contributed by atoms with Gasteiger partial charge in [-0.2, -0.15) is 10.2 Å². The molecule has 8 nitrogen and oxygen atoms in total. The Morgan fingerprint density at radius 1 is 1.37 bits per heavy atom. The summed E-state index contributed by atoms with van der Waals surface area (Å²) >= 11 is 3.19. The zero-order chi connectivity index (χ0) is 19.7. The fourth-order valence-electron chi connectivity index (χ4n) is 2.77. The summed E-state index contributed by atoms with van der Waals surface area (Å²) in [7, 11) is 1.47. The standard InChI is InChI=1S/C16H19BrF2N6O2/c1-3-24-6-9(12(22-24)16(27)20-2)21-10(26)7-25-14(8-4-5-8)11(17)13(23-25)15(18)19/h6,8,15H,3-5,7H2,1-2H3,(H,20,27)(H,21,26). The molecule has 0 aromatic carbocycles. The molecule has 1 fully saturated rings. The van der Waals surface area contributed by atoms with E-state index in [-0.39, 0.29) is 34.0 Å². The van der Waals surface area contributed by atoms with Crippen LogP contribution in [0.25, 0.3) is 0 Å². The minimum atomic E-state index is -2.73. The van der Waals surface area contributed by atoms with Gasteiger partial charge in [-0.25, -0.2) is 8.78 Å². The number of nitrogens with zero attached hydrogens (tertiary/aromatic N) is 4. The van der Waals surface area contributed by atoms with Crippen LogP contribution in [-0.4, -0.2) is 38.4 Å². The number of hydrogen-bond acceptors (Lipinski definition) is 4. The predicted octanol–water partition coefficient (Wildman–Crippen LogP) is 2.68. The van der Waals surface area contributed by atoms with Crippen molar-refractivity contribution >= 4 is 33.4 Å². The van der Waals surface area contributed by atoms with Crippen LogP contribution in [0.2, 0.25) is 0 Å². The summed E-state index contributed by atoms with van der Waals surface area (Å²) in [6.45, 7) is 2.14. The lowest BCUT2D eigenvalue weighted by molar-refractivity contribution is -0.117. The molecule has 146 valence electrons. The van der Waals surface area contributed by atoms with E-state index >= 15 is 0 Å². The first-order valence-corrected chi connectivity index (χ1v) is 9.28. The molecule has 0 radical (unpaired) electrons. The highest BCUT2D eigenvalue weighted by Crippen LogP contribution is 2.45. The number of amides is 2. The summed E-state index contributed by atoms with van der Waals surface area (Å²) in [6.07, 6.45) is 0.564. The van der Waals surface area contributed by atoms with Gasteiger partial charge in [0.1, 0.15) is 12.2 Å². The van der Waals surface area contributed by atoms with E-state index in [2.05, 4.69) is 36.8 Å². The molecule has 1 aliphatic carbocycles. The monoisotopic (exact) mass is 444 g/mol. The first-order chi connectivity index (χ1) is 12.8. The van der Waals surface area contributed by atoms with Crippen LogP contribution in [0, 0.1) is 0 Å². The fraction of sp³-hybridized carbons (Fsp3) is 0.500. The molecule has 2 aromatic rings. The van der Waals surface area contributed by atoms with Crippen molar-refractivity contribution in [3.05, 3.63) is 27.8 Å². The molecule has 3 rings (SSSR count). The summed E-state index contributed by atoms with van der Waals surface area (Å²) in [5.74, 6) is -0.789. The number of aromatic nitrogens is 4. The second kappa shape index (κ2) is 7.75. The van der Waals surface area contributed by atoms with Crippen molar-refractivity contribution in [2.75, 3.05) is 12.4 Å². The minimum Gasteiger partial charge on any atom is -0.354 e. The van der Waals surface area contributed by atoms with Crippen molar-refractivity contribution in [3.8, 4) is 0 Å². The van der Waals surface area contributed by atoms with Gasteiger partial charge in [0.05, 0.1) is 15.9 Å². The molecule has 1 saturated carbocycles. The maximum atomic E-state index is 13.1. The minimum absolute atomic E-state index is 0.0880. The molecular formula is C16H19BrF2N6O2. The number of aryl methyl sites for hydroxylation is 1. The molecule has 1 aliphatic rings. The smallest absolute Gasteiger partial charge is 0.283 e. The summed E-state index contributed by atoms with van der Waals surface area (Å²) in [6, 6.07) is 0. The van der Waals surface area contributed by atoms with Crippen molar-refractivity contribution in [3.63, 3.8) is 0 Å².